The molecular formula is C14H20FN. The van der Waals surface area contributed by atoms with Gasteiger partial charge < -0.3 is 5.32 Å². The molecule has 16 heavy (non-hydrogen) atoms. The van der Waals surface area contributed by atoms with Gasteiger partial charge in [0.15, 0.2) is 0 Å². The Morgan fingerprint density at radius 2 is 2.25 bits per heavy atom. The van der Waals surface area contributed by atoms with Crippen LogP contribution in [0.1, 0.15) is 37.3 Å². The Kier molecular flexibility index (Phi) is 3.94. The van der Waals surface area contributed by atoms with E-state index >= 15 is 0 Å². The molecule has 1 fully saturated rings. The second-order valence-electron chi connectivity index (χ2n) is 4.63. The van der Waals surface area contributed by atoms with Crippen LogP contribution in [-0.2, 0) is 12.8 Å². The number of rotatable bonds is 3. The summed E-state index contributed by atoms with van der Waals surface area (Å²) < 4.78 is 13.6. The van der Waals surface area contributed by atoms with Crippen molar-refractivity contribution in [2.45, 2.75) is 45.1 Å². The number of piperidine rings is 1. The first-order chi connectivity index (χ1) is 7.79. The maximum absolute atomic E-state index is 13.6. The molecule has 1 aliphatic rings. The van der Waals surface area contributed by atoms with E-state index in [1.54, 1.807) is 6.07 Å². The van der Waals surface area contributed by atoms with Crippen molar-refractivity contribution < 1.29 is 4.39 Å². The summed E-state index contributed by atoms with van der Waals surface area (Å²) >= 11 is 0. The molecular weight excluding hydrogens is 201 g/mol. The third kappa shape index (κ3) is 2.82. The average Bonchev–Trinajstić information content (AvgIpc) is 2.33. The van der Waals surface area contributed by atoms with Crippen molar-refractivity contribution in [3.05, 3.63) is 35.1 Å². The zero-order valence-corrected chi connectivity index (χ0v) is 9.93. The smallest absolute Gasteiger partial charge is 0.126 e. The summed E-state index contributed by atoms with van der Waals surface area (Å²) in [4.78, 5) is 0. The van der Waals surface area contributed by atoms with Crippen LogP contribution in [0, 0.1) is 5.82 Å². The van der Waals surface area contributed by atoms with Gasteiger partial charge in [0.25, 0.3) is 0 Å². The van der Waals surface area contributed by atoms with Crippen LogP contribution in [0.15, 0.2) is 18.2 Å². The van der Waals surface area contributed by atoms with Crippen LogP contribution < -0.4 is 5.32 Å². The van der Waals surface area contributed by atoms with Gasteiger partial charge >= 0.3 is 0 Å². The fourth-order valence-corrected chi connectivity index (χ4v) is 2.37. The summed E-state index contributed by atoms with van der Waals surface area (Å²) in [6.45, 7) is 3.19. The molecule has 0 bridgehead atoms. The predicted octanol–water partition coefficient (Wildman–Crippen LogP) is 3.07. The zero-order valence-electron chi connectivity index (χ0n) is 9.93. The molecule has 1 nitrogen and oxygen atoms in total. The fourth-order valence-electron chi connectivity index (χ4n) is 2.37. The fraction of sp³-hybridized carbons (Fsp3) is 0.571. The average molecular weight is 221 g/mol. The number of aryl methyl sites for hydroxylation is 1. The van der Waals surface area contributed by atoms with Gasteiger partial charge in [-0.15, -0.1) is 0 Å². The van der Waals surface area contributed by atoms with E-state index in [0.29, 0.717) is 6.04 Å². The lowest BCUT2D eigenvalue weighted by Crippen LogP contribution is -2.35. The second kappa shape index (κ2) is 5.44. The summed E-state index contributed by atoms with van der Waals surface area (Å²) in [7, 11) is 0. The molecule has 1 aromatic rings. The van der Waals surface area contributed by atoms with E-state index in [1.165, 1.54) is 24.8 Å². The highest BCUT2D eigenvalue weighted by Crippen LogP contribution is 2.17. The molecule has 88 valence electrons. The van der Waals surface area contributed by atoms with Gasteiger partial charge in [-0.25, -0.2) is 4.39 Å². The van der Waals surface area contributed by atoms with Gasteiger partial charge in [-0.1, -0.05) is 25.5 Å². The molecule has 2 rings (SSSR count). The van der Waals surface area contributed by atoms with E-state index in [1.807, 2.05) is 12.1 Å². The first kappa shape index (κ1) is 11.6. The zero-order chi connectivity index (χ0) is 11.4. The number of nitrogens with one attached hydrogen (secondary N) is 1. The van der Waals surface area contributed by atoms with Crippen molar-refractivity contribution in [1.29, 1.82) is 0 Å². The van der Waals surface area contributed by atoms with Gasteiger partial charge in [0.1, 0.15) is 5.82 Å². The SMILES string of the molecule is CCc1ccc(F)c(CC2CCCCN2)c1. The van der Waals surface area contributed by atoms with E-state index in [4.69, 9.17) is 0 Å². The van der Waals surface area contributed by atoms with Crippen LogP contribution in [-0.4, -0.2) is 12.6 Å². The Balaban J connectivity index is 2.06. The highest BCUT2D eigenvalue weighted by atomic mass is 19.1. The maximum Gasteiger partial charge on any atom is 0.126 e. The van der Waals surface area contributed by atoms with Crippen molar-refractivity contribution >= 4 is 0 Å². The number of halogens is 1. The van der Waals surface area contributed by atoms with Crippen LogP contribution in [0.5, 0.6) is 0 Å². The molecule has 0 aromatic heterocycles. The van der Waals surface area contributed by atoms with E-state index in [9.17, 15) is 4.39 Å². The molecule has 1 aromatic carbocycles. The molecule has 1 aliphatic heterocycles. The van der Waals surface area contributed by atoms with Crippen LogP contribution in [0.2, 0.25) is 0 Å². The van der Waals surface area contributed by atoms with Crippen LogP contribution in [0.3, 0.4) is 0 Å². The summed E-state index contributed by atoms with van der Waals surface area (Å²) in [5.41, 5.74) is 2.10. The van der Waals surface area contributed by atoms with E-state index in [2.05, 4.69) is 12.2 Å². The second-order valence-corrected chi connectivity index (χ2v) is 4.63. The summed E-state index contributed by atoms with van der Waals surface area (Å²) in [5.74, 6) is -0.0513. The van der Waals surface area contributed by atoms with Crippen LogP contribution in [0.4, 0.5) is 4.39 Å². The minimum absolute atomic E-state index is 0.0513. The number of hydrogen-bond acceptors (Lipinski definition) is 1. The molecule has 1 unspecified atom stereocenters. The highest BCUT2D eigenvalue weighted by Gasteiger charge is 2.15. The summed E-state index contributed by atoms with van der Waals surface area (Å²) in [6.07, 6.45) is 5.52. The van der Waals surface area contributed by atoms with E-state index < -0.39 is 0 Å². The predicted molar refractivity (Wildman–Crippen MR) is 65.1 cm³/mol. The van der Waals surface area contributed by atoms with Gasteiger partial charge in [0, 0.05) is 6.04 Å². The highest BCUT2D eigenvalue weighted by molar-refractivity contribution is 5.26. The Bertz CT molecular complexity index is 343. The van der Waals surface area contributed by atoms with Gasteiger partial charge in [-0.2, -0.15) is 0 Å². The monoisotopic (exact) mass is 221 g/mol. The van der Waals surface area contributed by atoms with Gasteiger partial charge in [0.2, 0.25) is 0 Å². The number of benzene rings is 1. The Morgan fingerprint density at radius 1 is 1.38 bits per heavy atom. The maximum atomic E-state index is 13.6. The van der Waals surface area contributed by atoms with Crippen molar-refractivity contribution in [2.75, 3.05) is 6.54 Å². The van der Waals surface area contributed by atoms with Crippen molar-refractivity contribution in [3.63, 3.8) is 0 Å². The Morgan fingerprint density at radius 3 is 2.94 bits per heavy atom. The quantitative estimate of drug-likeness (QED) is 0.827. The molecule has 1 atom stereocenters. The molecule has 0 amide bonds. The molecule has 0 spiro atoms. The first-order valence-electron chi connectivity index (χ1n) is 6.30. The number of hydrogen-bond donors (Lipinski definition) is 1. The lowest BCUT2D eigenvalue weighted by Gasteiger charge is -2.23. The molecule has 0 aliphatic carbocycles. The molecule has 1 heterocycles. The molecule has 2 heteroatoms. The van der Waals surface area contributed by atoms with Crippen LogP contribution >= 0.6 is 0 Å². The third-order valence-corrected chi connectivity index (χ3v) is 3.40. The van der Waals surface area contributed by atoms with Crippen LogP contribution in [0.25, 0.3) is 0 Å². The van der Waals surface area contributed by atoms with E-state index in [-0.39, 0.29) is 5.82 Å². The van der Waals surface area contributed by atoms with Gasteiger partial charge in [0.05, 0.1) is 0 Å². The summed E-state index contributed by atoms with van der Waals surface area (Å²) in [6, 6.07) is 5.98. The minimum Gasteiger partial charge on any atom is -0.314 e. The molecule has 1 saturated heterocycles. The largest absolute Gasteiger partial charge is 0.314 e. The Labute approximate surface area is 97.1 Å². The topological polar surface area (TPSA) is 12.0 Å². The van der Waals surface area contributed by atoms with Crippen molar-refractivity contribution in [2.24, 2.45) is 0 Å². The van der Waals surface area contributed by atoms with Crippen molar-refractivity contribution in [3.8, 4) is 0 Å². The Hall–Kier alpha value is -0.890. The molecule has 1 N–H and O–H groups in total. The standard InChI is InChI=1S/C14H20FN/c1-2-11-6-7-14(15)12(9-11)10-13-5-3-4-8-16-13/h6-7,9,13,16H,2-5,8,10H2,1H3. The molecule has 0 saturated carbocycles. The normalized spacial score (nSPS) is 21.0. The van der Waals surface area contributed by atoms with Gasteiger partial charge in [-0.3, -0.25) is 0 Å². The minimum atomic E-state index is -0.0513. The third-order valence-electron chi connectivity index (χ3n) is 3.40. The summed E-state index contributed by atoms with van der Waals surface area (Å²) in [5, 5.41) is 3.47. The lowest BCUT2D eigenvalue weighted by atomic mass is 9.96. The van der Waals surface area contributed by atoms with Gasteiger partial charge in [-0.05, 0) is 49.4 Å². The lowest BCUT2D eigenvalue weighted by molar-refractivity contribution is 0.395. The van der Waals surface area contributed by atoms with E-state index in [0.717, 1.165) is 24.9 Å². The molecule has 0 radical (unpaired) electrons. The van der Waals surface area contributed by atoms with Crippen molar-refractivity contribution in [1.82, 2.24) is 5.32 Å². The first-order valence-corrected chi connectivity index (χ1v) is 6.30.